The van der Waals surface area contributed by atoms with Crippen LogP contribution in [0, 0.1) is 0 Å². The van der Waals surface area contributed by atoms with Gasteiger partial charge in [-0.15, -0.1) is 0 Å². The smallest absolute Gasteiger partial charge is 0.307 e. The summed E-state index contributed by atoms with van der Waals surface area (Å²) in [5.74, 6) is -0.437. The Kier molecular flexibility index (Phi) is 5.93. The minimum absolute atomic E-state index is 0.0357. The third-order valence-corrected chi connectivity index (χ3v) is 4.09. The topological polar surface area (TPSA) is 66.8 Å². The maximum atomic E-state index is 12.5. The molecule has 5 nitrogen and oxygen atoms in total. The number of aliphatic hydroxyl groups excluding tert-OH is 1. The van der Waals surface area contributed by atoms with Crippen LogP contribution in [0.25, 0.3) is 5.76 Å². The van der Waals surface area contributed by atoms with Crippen LogP contribution in [-0.2, 0) is 14.3 Å². The van der Waals surface area contributed by atoms with Crippen LogP contribution in [0.15, 0.2) is 60.2 Å². The van der Waals surface area contributed by atoms with Gasteiger partial charge in [0.25, 0.3) is 0 Å². The molecule has 25 heavy (non-hydrogen) atoms. The lowest BCUT2D eigenvalue weighted by Crippen LogP contribution is -2.49. The van der Waals surface area contributed by atoms with E-state index in [0.717, 1.165) is 0 Å². The highest BCUT2D eigenvalue weighted by Gasteiger charge is 2.39. The molecule has 1 aliphatic carbocycles. The largest absolute Gasteiger partial charge is 0.507 e. The van der Waals surface area contributed by atoms with Gasteiger partial charge in [0.1, 0.15) is 5.76 Å². The summed E-state index contributed by atoms with van der Waals surface area (Å²) in [5, 5.41) is 10.1. The molecule has 1 N–H and O–H groups in total. The Hall–Kier alpha value is -2.66. The number of ketones is 1. The van der Waals surface area contributed by atoms with Crippen molar-refractivity contribution in [3.63, 3.8) is 0 Å². The highest BCUT2D eigenvalue weighted by molar-refractivity contribution is 6.00. The molecule has 0 saturated carbocycles. The summed E-state index contributed by atoms with van der Waals surface area (Å²) in [5.41, 5.74) is 0.0609. The fourth-order valence-corrected chi connectivity index (χ4v) is 2.46. The number of rotatable bonds is 5. The van der Waals surface area contributed by atoms with E-state index >= 15 is 0 Å². The Morgan fingerprint density at radius 3 is 2.56 bits per heavy atom. The van der Waals surface area contributed by atoms with E-state index in [2.05, 4.69) is 0 Å². The Bertz CT molecular complexity index is 731. The van der Waals surface area contributed by atoms with Gasteiger partial charge >= 0.3 is 5.97 Å². The molecule has 1 unspecified atom stereocenters. The number of allylic oxidation sites excluding steroid dienone is 4. The van der Waals surface area contributed by atoms with E-state index in [4.69, 9.17) is 4.74 Å². The van der Waals surface area contributed by atoms with Crippen molar-refractivity contribution >= 4 is 17.5 Å². The van der Waals surface area contributed by atoms with Gasteiger partial charge in [0.15, 0.2) is 11.5 Å². The predicted molar refractivity (Wildman–Crippen MR) is 96.7 cm³/mol. The number of likely N-dealkylation sites (N-methyl/N-ethyl adjacent to an activating group) is 1. The minimum Gasteiger partial charge on any atom is -0.507 e. The quantitative estimate of drug-likeness (QED) is 0.385. The van der Waals surface area contributed by atoms with Crippen LogP contribution >= 0.6 is 0 Å². The van der Waals surface area contributed by atoms with E-state index in [1.54, 1.807) is 56.3 Å². The van der Waals surface area contributed by atoms with Gasteiger partial charge in [-0.25, -0.2) is 0 Å². The van der Waals surface area contributed by atoms with Gasteiger partial charge in [-0.1, -0.05) is 43.3 Å². The fourth-order valence-electron chi connectivity index (χ4n) is 2.46. The molecule has 1 aromatic carbocycles. The Morgan fingerprint density at radius 1 is 1.32 bits per heavy atom. The van der Waals surface area contributed by atoms with Crippen LogP contribution in [-0.4, -0.2) is 41.6 Å². The maximum Gasteiger partial charge on any atom is 0.307 e. The summed E-state index contributed by atoms with van der Waals surface area (Å²) in [6.07, 6.45) is 6.68. The first-order chi connectivity index (χ1) is 11.9. The molecule has 0 aliphatic heterocycles. The van der Waals surface area contributed by atoms with Crippen LogP contribution < -0.4 is 0 Å². The highest BCUT2D eigenvalue weighted by Crippen LogP contribution is 2.29. The summed E-state index contributed by atoms with van der Waals surface area (Å²) in [6, 6.07) is 9.08. The number of benzene rings is 1. The van der Waals surface area contributed by atoms with Gasteiger partial charge in [0, 0.05) is 17.6 Å². The summed E-state index contributed by atoms with van der Waals surface area (Å²) >= 11 is 0. The summed E-state index contributed by atoms with van der Waals surface area (Å²) in [7, 11) is 3.52. The first-order valence-corrected chi connectivity index (χ1v) is 8.16. The first-order valence-electron chi connectivity index (χ1n) is 8.16. The zero-order chi connectivity index (χ0) is 18.4. The molecular weight excluding hydrogens is 318 g/mol. The molecule has 132 valence electrons. The average molecular weight is 341 g/mol. The predicted octanol–water partition coefficient (Wildman–Crippen LogP) is 3.25. The highest BCUT2D eigenvalue weighted by atomic mass is 16.6. The van der Waals surface area contributed by atoms with Crippen molar-refractivity contribution in [1.29, 1.82) is 0 Å². The molecule has 2 rings (SSSR count). The molecule has 1 atom stereocenters. The molecule has 0 bridgehead atoms. The monoisotopic (exact) mass is 341 g/mol. The number of carbonyl (C=O) groups is 2. The number of hydrogen-bond acceptors (Lipinski definition) is 5. The lowest BCUT2D eigenvalue weighted by Gasteiger charge is -2.38. The Labute approximate surface area is 147 Å². The lowest BCUT2D eigenvalue weighted by atomic mass is 9.92. The van der Waals surface area contributed by atoms with Crippen molar-refractivity contribution in [3.05, 3.63) is 65.8 Å². The molecule has 0 heterocycles. The van der Waals surface area contributed by atoms with Gasteiger partial charge in [0.05, 0.1) is 6.42 Å². The number of ether oxygens (including phenoxy) is 1. The molecule has 0 amide bonds. The third-order valence-electron chi connectivity index (χ3n) is 4.09. The molecule has 0 aromatic heterocycles. The average Bonchev–Trinajstić information content (AvgIpc) is 2.61. The standard InChI is InChI=1S/C20H23NO4/c1-4-19(24)25-20(21(2)3)13-12-16(18(23)14-20)10-11-17(22)15-8-6-5-7-9-15/h5-13,22H,4,14H2,1-3H3. The molecular formula is C20H23NO4. The second-order valence-corrected chi connectivity index (χ2v) is 6.04. The van der Waals surface area contributed by atoms with Crippen molar-refractivity contribution < 1.29 is 19.4 Å². The minimum atomic E-state index is -1.06. The van der Waals surface area contributed by atoms with Gasteiger partial charge in [-0.3, -0.25) is 14.5 Å². The Morgan fingerprint density at radius 2 is 2.00 bits per heavy atom. The van der Waals surface area contributed by atoms with E-state index < -0.39 is 5.72 Å². The van der Waals surface area contributed by atoms with Crippen LogP contribution in [0.3, 0.4) is 0 Å². The maximum absolute atomic E-state index is 12.5. The molecule has 0 saturated heterocycles. The number of hydrogen-bond donors (Lipinski definition) is 1. The number of nitrogens with zero attached hydrogens (tertiary/aromatic N) is 1. The van der Waals surface area contributed by atoms with E-state index in [1.807, 2.05) is 18.2 Å². The zero-order valence-corrected chi connectivity index (χ0v) is 14.7. The second kappa shape index (κ2) is 7.94. The SMILES string of the molecule is CCC(=O)OC1(N(C)C)C=CC(=CC=C(O)c2ccccc2)C(=O)C1. The van der Waals surface area contributed by atoms with Crippen molar-refractivity contribution in [2.75, 3.05) is 14.1 Å². The zero-order valence-electron chi connectivity index (χ0n) is 14.7. The van der Waals surface area contributed by atoms with Gasteiger partial charge in [-0.2, -0.15) is 0 Å². The normalized spacial score (nSPS) is 22.5. The molecule has 5 heteroatoms. The summed E-state index contributed by atoms with van der Waals surface area (Å²) in [4.78, 5) is 25.9. The third kappa shape index (κ3) is 4.45. The van der Waals surface area contributed by atoms with Crippen molar-refractivity contribution in [1.82, 2.24) is 4.90 Å². The molecule has 0 spiro atoms. The number of aliphatic hydroxyl groups is 1. The number of esters is 1. The fraction of sp³-hybridized carbons (Fsp3) is 0.300. The van der Waals surface area contributed by atoms with E-state index in [1.165, 1.54) is 6.08 Å². The van der Waals surface area contributed by atoms with Gasteiger partial charge < -0.3 is 9.84 Å². The second-order valence-electron chi connectivity index (χ2n) is 6.04. The van der Waals surface area contributed by atoms with Crippen molar-refractivity contribution in [2.24, 2.45) is 0 Å². The first kappa shape index (κ1) is 18.7. The van der Waals surface area contributed by atoms with Crippen LogP contribution in [0.5, 0.6) is 0 Å². The number of carbonyl (C=O) groups excluding carboxylic acids is 2. The molecule has 1 aliphatic rings. The van der Waals surface area contributed by atoms with Crippen molar-refractivity contribution in [3.8, 4) is 0 Å². The molecule has 0 fully saturated rings. The van der Waals surface area contributed by atoms with Crippen LogP contribution in [0.2, 0.25) is 0 Å². The van der Waals surface area contributed by atoms with Gasteiger partial charge in [-0.05, 0) is 32.3 Å². The summed E-state index contributed by atoms with van der Waals surface area (Å²) in [6.45, 7) is 1.71. The Balaban J connectivity index is 2.25. The van der Waals surface area contributed by atoms with Crippen LogP contribution in [0.1, 0.15) is 25.3 Å². The van der Waals surface area contributed by atoms with Crippen LogP contribution in [0.4, 0.5) is 0 Å². The van der Waals surface area contributed by atoms with E-state index in [9.17, 15) is 14.7 Å². The summed E-state index contributed by atoms with van der Waals surface area (Å²) < 4.78 is 5.49. The number of Topliss-reactive ketones (excluding diaryl/α,β-unsaturated/α-hetero) is 1. The van der Waals surface area contributed by atoms with E-state index in [0.29, 0.717) is 11.1 Å². The molecule has 1 aromatic rings. The lowest BCUT2D eigenvalue weighted by molar-refractivity contribution is -0.171. The van der Waals surface area contributed by atoms with E-state index in [-0.39, 0.29) is 30.4 Å². The van der Waals surface area contributed by atoms with Crippen molar-refractivity contribution in [2.45, 2.75) is 25.5 Å². The van der Waals surface area contributed by atoms with Gasteiger partial charge in [0.2, 0.25) is 0 Å². The molecule has 0 radical (unpaired) electrons.